The monoisotopic (exact) mass is 514 g/mol. The number of aromatic nitrogens is 4. The molecule has 0 aromatic carbocycles. The Bertz CT molecular complexity index is 1130. The molecule has 2 aromatic heterocycles. The molecule has 3 N–H and O–H groups in total. The van der Waals surface area contributed by atoms with Gasteiger partial charge in [0.1, 0.15) is 30.7 Å². The van der Waals surface area contributed by atoms with Crippen LogP contribution in [0.3, 0.4) is 0 Å². The first-order valence-electron chi connectivity index (χ1n) is 13.2. The smallest absolute Gasteiger partial charge is 0.196 e. The van der Waals surface area contributed by atoms with Crippen molar-refractivity contribution >= 4 is 17.3 Å². The van der Waals surface area contributed by atoms with Crippen LogP contribution in [-0.2, 0) is 14.2 Å². The molecule has 0 radical (unpaired) electrons. The summed E-state index contributed by atoms with van der Waals surface area (Å²) in [6.45, 7) is 16.9. The van der Waals surface area contributed by atoms with Crippen LogP contribution in [0.2, 0.25) is 0 Å². The van der Waals surface area contributed by atoms with Gasteiger partial charge in [-0.1, -0.05) is 13.0 Å². The van der Waals surface area contributed by atoms with Crippen LogP contribution in [0.4, 0.5) is 5.82 Å². The van der Waals surface area contributed by atoms with Crippen LogP contribution >= 0.6 is 0 Å². The third-order valence-electron chi connectivity index (χ3n) is 6.78. The summed E-state index contributed by atoms with van der Waals surface area (Å²) in [6.07, 6.45) is 6.25. The van der Waals surface area contributed by atoms with E-state index in [2.05, 4.69) is 59.1 Å². The van der Waals surface area contributed by atoms with Crippen molar-refractivity contribution < 1.29 is 14.2 Å². The Morgan fingerprint density at radius 3 is 2.76 bits per heavy atom. The molecule has 4 unspecified atom stereocenters. The van der Waals surface area contributed by atoms with E-state index in [1.807, 2.05) is 20.8 Å². The topological polar surface area (TPSA) is 124 Å². The molecule has 204 valence electrons. The van der Waals surface area contributed by atoms with Crippen LogP contribution < -0.4 is 11.1 Å². The van der Waals surface area contributed by atoms with Gasteiger partial charge in [-0.2, -0.15) is 5.10 Å². The quantitative estimate of drug-likeness (QED) is 0.279. The Kier molecular flexibility index (Phi) is 8.47. The van der Waals surface area contributed by atoms with Gasteiger partial charge in [-0.05, 0) is 54.4 Å². The Balaban J connectivity index is 1.44. The van der Waals surface area contributed by atoms with Gasteiger partial charge in [0.05, 0.1) is 17.7 Å². The molecule has 4 atom stereocenters. The fourth-order valence-electron chi connectivity index (χ4n) is 5.11. The number of nitrogens with one attached hydrogen (secondary N) is 1. The lowest BCUT2D eigenvalue weighted by molar-refractivity contribution is -0.190. The summed E-state index contributed by atoms with van der Waals surface area (Å²) in [7, 11) is 0. The number of ether oxygens (including phenoxy) is 3. The second kappa shape index (κ2) is 11.4. The molecular weight excluding hydrogens is 472 g/mol. The van der Waals surface area contributed by atoms with Crippen LogP contribution in [0.25, 0.3) is 5.65 Å². The molecule has 2 saturated heterocycles. The lowest BCUT2D eigenvalue weighted by Crippen LogP contribution is -2.43. The lowest BCUT2D eigenvalue weighted by Gasteiger charge is -2.31. The summed E-state index contributed by atoms with van der Waals surface area (Å²) in [5, 5.41) is 7.70. The fraction of sp³-hybridized carbons (Fsp3) is 0.692. The molecule has 37 heavy (non-hydrogen) atoms. The highest BCUT2D eigenvalue weighted by Crippen LogP contribution is 2.45. The number of nitrogen functional groups attached to an aromatic ring is 1. The van der Waals surface area contributed by atoms with E-state index in [-0.39, 0.29) is 24.4 Å². The third kappa shape index (κ3) is 6.28. The molecule has 0 bridgehead atoms. The zero-order valence-corrected chi connectivity index (χ0v) is 23.1. The summed E-state index contributed by atoms with van der Waals surface area (Å²) in [5.41, 5.74) is 8.43. The van der Waals surface area contributed by atoms with Crippen molar-refractivity contribution in [2.45, 2.75) is 97.6 Å². The maximum Gasteiger partial charge on any atom is 0.196 e. The van der Waals surface area contributed by atoms with Gasteiger partial charge in [-0.25, -0.2) is 14.5 Å². The molecule has 2 fully saturated rings. The van der Waals surface area contributed by atoms with E-state index in [1.165, 1.54) is 6.33 Å². The van der Waals surface area contributed by atoms with Crippen LogP contribution in [0.5, 0.6) is 0 Å². The maximum atomic E-state index is 6.61. The maximum absolute atomic E-state index is 6.61. The molecular formula is C26H42N8O3. The average Bonchev–Trinajstić information content (AvgIpc) is 3.47. The van der Waals surface area contributed by atoms with Crippen molar-refractivity contribution in [3.8, 4) is 0 Å². The second-order valence-electron chi connectivity index (χ2n) is 10.6. The molecule has 2 aliphatic rings. The summed E-state index contributed by atoms with van der Waals surface area (Å²) >= 11 is 0. The van der Waals surface area contributed by atoms with Gasteiger partial charge in [-0.3, -0.25) is 9.89 Å². The minimum Gasteiger partial charge on any atom is -0.381 e. The van der Waals surface area contributed by atoms with Gasteiger partial charge in [0.2, 0.25) is 0 Å². The number of amidine groups is 1. The molecule has 2 aromatic rings. The van der Waals surface area contributed by atoms with Crippen molar-refractivity contribution in [2.75, 3.05) is 25.4 Å². The Hall–Kier alpha value is -2.60. The van der Waals surface area contributed by atoms with E-state index in [1.54, 1.807) is 10.7 Å². The van der Waals surface area contributed by atoms with Crippen LogP contribution in [-0.4, -0.2) is 80.1 Å². The van der Waals surface area contributed by atoms with Gasteiger partial charge in [0.15, 0.2) is 17.3 Å². The van der Waals surface area contributed by atoms with Crippen molar-refractivity contribution in [1.29, 1.82) is 0 Å². The Morgan fingerprint density at radius 2 is 2.03 bits per heavy atom. The van der Waals surface area contributed by atoms with E-state index in [4.69, 9.17) is 24.9 Å². The number of hydrogen-bond donors (Lipinski definition) is 2. The number of imidazole rings is 1. The highest BCUT2D eigenvalue weighted by Gasteiger charge is 2.56. The molecule has 2 aliphatic heterocycles. The summed E-state index contributed by atoms with van der Waals surface area (Å²) in [5.74, 6) is 0.572. The van der Waals surface area contributed by atoms with Gasteiger partial charge in [0.25, 0.3) is 0 Å². The number of aliphatic imine (C=N–C) groups is 1. The Morgan fingerprint density at radius 1 is 1.27 bits per heavy atom. The largest absolute Gasteiger partial charge is 0.381 e. The second-order valence-corrected chi connectivity index (χ2v) is 10.6. The predicted molar refractivity (Wildman–Crippen MR) is 143 cm³/mol. The number of fused-ring (bicyclic) bond motifs is 2. The molecule has 11 nitrogen and oxygen atoms in total. The minimum atomic E-state index is -0.698. The van der Waals surface area contributed by atoms with Gasteiger partial charge in [0, 0.05) is 31.4 Å². The van der Waals surface area contributed by atoms with E-state index in [9.17, 15) is 0 Å². The van der Waals surface area contributed by atoms with Crippen LogP contribution in [0.1, 0.15) is 73.1 Å². The first-order valence-corrected chi connectivity index (χ1v) is 13.2. The lowest BCUT2D eigenvalue weighted by atomic mass is 10.1. The van der Waals surface area contributed by atoms with Crippen LogP contribution in [0.15, 0.2) is 29.3 Å². The first kappa shape index (κ1) is 27.4. The average molecular weight is 515 g/mol. The van der Waals surface area contributed by atoms with Crippen molar-refractivity contribution in [2.24, 2.45) is 4.99 Å². The molecule has 0 saturated carbocycles. The molecule has 0 spiro atoms. The van der Waals surface area contributed by atoms with E-state index < -0.39 is 5.79 Å². The molecule has 4 rings (SSSR count). The van der Waals surface area contributed by atoms with E-state index >= 15 is 0 Å². The number of rotatable bonds is 10. The molecule has 0 aliphatic carbocycles. The van der Waals surface area contributed by atoms with Crippen molar-refractivity contribution in [3.05, 3.63) is 30.0 Å². The summed E-state index contributed by atoms with van der Waals surface area (Å²) in [4.78, 5) is 15.6. The van der Waals surface area contributed by atoms with Crippen molar-refractivity contribution in [3.63, 3.8) is 0 Å². The molecule has 4 heterocycles. The summed E-state index contributed by atoms with van der Waals surface area (Å²) in [6, 6.07) is 0.345. The van der Waals surface area contributed by atoms with Gasteiger partial charge in [-0.15, -0.1) is 0 Å². The number of nitrogens with zero attached hydrogens (tertiary/aromatic N) is 6. The minimum absolute atomic E-state index is 0.169. The third-order valence-corrected chi connectivity index (χ3v) is 6.78. The molecule has 11 heteroatoms. The number of hydrogen-bond acceptors (Lipinski definition) is 9. The van der Waals surface area contributed by atoms with E-state index in [0.29, 0.717) is 17.5 Å². The normalized spacial score (nSPS) is 26.0. The fourth-order valence-corrected chi connectivity index (χ4v) is 5.11. The number of allylic oxidation sites excluding steroid dienone is 2. The number of nitrogens with two attached hydrogens (primary N) is 1. The van der Waals surface area contributed by atoms with Crippen molar-refractivity contribution in [1.82, 2.24) is 29.8 Å². The zero-order valence-electron chi connectivity index (χ0n) is 23.1. The van der Waals surface area contributed by atoms with E-state index in [0.717, 1.165) is 49.7 Å². The van der Waals surface area contributed by atoms with Crippen LogP contribution in [0, 0.1) is 0 Å². The number of anilines is 1. The highest BCUT2D eigenvalue weighted by atomic mass is 16.8. The standard InChI is InChI=1S/C26H42N8O3/c1-8-10-17(4)32-18(5)28-11-9-12-33(16(2)3)14-20-22-23(37-26(6,7)36-22)21(35-20)19-13-29-25-24(27)30-15-31-34(19)25/h10,13,15-16,20-23H,8-9,11-12,14H2,1-7H3,(H,28,32)(H2,27,30,31). The SMILES string of the molecule is CCC=C(C)NC(C)=NCCCN(CC1OC(c2cnc3c(N)ncnn23)C2OC(C)(C)OC12)C(C)C. The Labute approximate surface area is 219 Å². The predicted octanol–water partition coefficient (Wildman–Crippen LogP) is 3.09. The zero-order chi connectivity index (χ0) is 26.7. The van der Waals surface area contributed by atoms with Gasteiger partial charge >= 0.3 is 0 Å². The summed E-state index contributed by atoms with van der Waals surface area (Å²) < 4.78 is 21.0. The first-order chi connectivity index (χ1) is 17.6. The van der Waals surface area contributed by atoms with Gasteiger partial charge < -0.3 is 25.3 Å². The molecule has 0 amide bonds. The highest BCUT2D eigenvalue weighted by molar-refractivity contribution is 5.81.